The topological polar surface area (TPSA) is 34.2 Å². The van der Waals surface area contributed by atoms with E-state index >= 15 is 0 Å². The van der Waals surface area contributed by atoms with Crippen LogP contribution in [0.1, 0.15) is 0 Å². The predicted molar refractivity (Wildman–Crippen MR) is 105 cm³/mol. The molecule has 0 bridgehead atoms. The summed E-state index contributed by atoms with van der Waals surface area (Å²) in [4.78, 5) is 4.75. The number of piperazine rings is 1. The molecule has 0 radical (unpaired) electrons. The number of nitrogens with zero attached hydrogens (tertiary/aromatic N) is 2. The van der Waals surface area contributed by atoms with E-state index in [9.17, 15) is 0 Å². The van der Waals surface area contributed by atoms with Gasteiger partial charge in [0.2, 0.25) is 0 Å². The van der Waals surface area contributed by atoms with Gasteiger partial charge in [-0.05, 0) is 28.1 Å². The SMILES string of the molecule is COc1cccc(N2CCN(c3cc(OC)c(OC)cc3Br)CC2)c1. The summed E-state index contributed by atoms with van der Waals surface area (Å²) in [5.74, 6) is 2.37. The summed E-state index contributed by atoms with van der Waals surface area (Å²) in [6, 6.07) is 12.2. The Morgan fingerprint density at radius 3 is 2.08 bits per heavy atom. The van der Waals surface area contributed by atoms with Crippen molar-refractivity contribution >= 4 is 27.3 Å². The largest absolute Gasteiger partial charge is 0.497 e. The molecular weight excluding hydrogens is 384 g/mol. The molecular formula is C19H23BrN2O3. The second-order valence-electron chi connectivity index (χ2n) is 5.83. The molecule has 0 aromatic heterocycles. The Kier molecular flexibility index (Phi) is 5.58. The summed E-state index contributed by atoms with van der Waals surface area (Å²) < 4.78 is 17.1. The number of benzene rings is 2. The van der Waals surface area contributed by atoms with Crippen LogP contribution in [0.2, 0.25) is 0 Å². The molecule has 1 saturated heterocycles. The minimum atomic E-state index is 0.730. The van der Waals surface area contributed by atoms with Gasteiger partial charge in [-0.2, -0.15) is 0 Å². The van der Waals surface area contributed by atoms with Crippen LogP contribution in [-0.4, -0.2) is 47.5 Å². The van der Waals surface area contributed by atoms with E-state index in [0.29, 0.717) is 0 Å². The normalized spacial score (nSPS) is 14.4. The molecule has 5 nitrogen and oxygen atoms in total. The van der Waals surface area contributed by atoms with Gasteiger partial charge in [0.15, 0.2) is 11.5 Å². The molecule has 1 aliphatic heterocycles. The van der Waals surface area contributed by atoms with E-state index in [4.69, 9.17) is 14.2 Å². The molecule has 1 fully saturated rings. The maximum Gasteiger partial charge on any atom is 0.162 e. The Bertz CT molecular complexity index is 731. The standard InChI is InChI=1S/C19H23BrN2O3/c1-23-15-6-4-5-14(11-15)21-7-9-22(10-8-21)17-13-19(25-3)18(24-2)12-16(17)20/h4-6,11-13H,7-10H2,1-3H3. The Morgan fingerprint density at radius 2 is 1.44 bits per heavy atom. The molecule has 0 unspecified atom stereocenters. The van der Waals surface area contributed by atoms with E-state index in [1.165, 1.54) is 5.69 Å². The molecule has 134 valence electrons. The number of methoxy groups -OCH3 is 3. The lowest BCUT2D eigenvalue weighted by Gasteiger charge is -2.38. The van der Waals surface area contributed by atoms with Gasteiger partial charge in [0.25, 0.3) is 0 Å². The van der Waals surface area contributed by atoms with Gasteiger partial charge in [-0.1, -0.05) is 6.07 Å². The van der Waals surface area contributed by atoms with Gasteiger partial charge in [-0.3, -0.25) is 0 Å². The first-order valence-electron chi connectivity index (χ1n) is 8.21. The monoisotopic (exact) mass is 406 g/mol. The quantitative estimate of drug-likeness (QED) is 0.753. The van der Waals surface area contributed by atoms with Crippen LogP contribution in [0.3, 0.4) is 0 Å². The van der Waals surface area contributed by atoms with Gasteiger partial charge in [-0.25, -0.2) is 0 Å². The molecule has 0 N–H and O–H groups in total. The van der Waals surface area contributed by atoms with Crippen LogP contribution >= 0.6 is 15.9 Å². The molecule has 0 amide bonds. The number of rotatable bonds is 5. The lowest BCUT2D eigenvalue weighted by molar-refractivity contribution is 0.354. The average molecular weight is 407 g/mol. The van der Waals surface area contributed by atoms with Crippen molar-refractivity contribution in [2.45, 2.75) is 0 Å². The van der Waals surface area contributed by atoms with Gasteiger partial charge in [-0.15, -0.1) is 0 Å². The fourth-order valence-corrected chi connectivity index (χ4v) is 3.67. The molecule has 0 aliphatic carbocycles. The second kappa shape index (κ2) is 7.87. The first-order chi connectivity index (χ1) is 12.2. The van der Waals surface area contributed by atoms with Gasteiger partial charge in [0.1, 0.15) is 5.75 Å². The van der Waals surface area contributed by atoms with Crippen LogP contribution in [0.15, 0.2) is 40.9 Å². The molecule has 6 heteroatoms. The van der Waals surface area contributed by atoms with Crippen molar-refractivity contribution in [3.8, 4) is 17.2 Å². The molecule has 0 spiro atoms. The Morgan fingerprint density at radius 1 is 0.800 bits per heavy atom. The lowest BCUT2D eigenvalue weighted by atomic mass is 10.2. The van der Waals surface area contributed by atoms with Crippen LogP contribution in [0.25, 0.3) is 0 Å². The van der Waals surface area contributed by atoms with Crippen molar-refractivity contribution in [2.75, 3.05) is 57.3 Å². The summed E-state index contributed by atoms with van der Waals surface area (Å²) in [6.07, 6.45) is 0. The predicted octanol–water partition coefficient (Wildman–Crippen LogP) is 3.80. The fraction of sp³-hybridized carbons (Fsp3) is 0.368. The van der Waals surface area contributed by atoms with Crippen molar-refractivity contribution in [3.05, 3.63) is 40.9 Å². The summed E-state index contributed by atoms with van der Waals surface area (Å²) in [5.41, 5.74) is 2.33. The van der Waals surface area contributed by atoms with Gasteiger partial charge >= 0.3 is 0 Å². The molecule has 1 heterocycles. The highest BCUT2D eigenvalue weighted by atomic mass is 79.9. The zero-order valence-electron chi connectivity index (χ0n) is 14.8. The van der Waals surface area contributed by atoms with Gasteiger partial charge in [0, 0.05) is 54.5 Å². The average Bonchev–Trinajstić information content (AvgIpc) is 2.68. The summed E-state index contributed by atoms with van der Waals surface area (Å²) >= 11 is 3.66. The van der Waals surface area contributed by atoms with Crippen molar-refractivity contribution in [3.63, 3.8) is 0 Å². The van der Waals surface area contributed by atoms with Crippen molar-refractivity contribution in [2.24, 2.45) is 0 Å². The van der Waals surface area contributed by atoms with Gasteiger partial charge in [0.05, 0.1) is 27.0 Å². The lowest BCUT2D eigenvalue weighted by Crippen LogP contribution is -2.46. The van der Waals surface area contributed by atoms with E-state index in [0.717, 1.165) is 53.6 Å². The van der Waals surface area contributed by atoms with E-state index in [1.54, 1.807) is 21.3 Å². The second-order valence-corrected chi connectivity index (χ2v) is 6.69. The zero-order valence-corrected chi connectivity index (χ0v) is 16.4. The maximum atomic E-state index is 5.44. The molecule has 1 aliphatic rings. The molecule has 2 aromatic carbocycles. The molecule has 0 saturated carbocycles. The van der Waals surface area contributed by atoms with Crippen LogP contribution in [0.5, 0.6) is 17.2 Å². The zero-order chi connectivity index (χ0) is 17.8. The Hall–Kier alpha value is -2.08. The summed E-state index contributed by atoms with van der Waals surface area (Å²) in [7, 11) is 5.01. The Balaban J connectivity index is 1.74. The van der Waals surface area contributed by atoms with Crippen molar-refractivity contribution in [1.82, 2.24) is 0 Å². The van der Waals surface area contributed by atoms with E-state index in [1.807, 2.05) is 24.3 Å². The highest BCUT2D eigenvalue weighted by molar-refractivity contribution is 9.10. The summed E-state index contributed by atoms with van der Waals surface area (Å²) in [5, 5.41) is 0. The van der Waals surface area contributed by atoms with Gasteiger partial charge < -0.3 is 24.0 Å². The smallest absolute Gasteiger partial charge is 0.162 e. The number of hydrogen-bond acceptors (Lipinski definition) is 5. The van der Waals surface area contributed by atoms with E-state index < -0.39 is 0 Å². The highest BCUT2D eigenvalue weighted by Crippen LogP contribution is 2.38. The van der Waals surface area contributed by atoms with Crippen LogP contribution in [-0.2, 0) is 0 Å². The molecule has 2 aromatic rings. The minimum Gasteiger partial charge on any atom is -0.497 e. The van der Waals surface area contributed by atoms with Crippen LogP contribution in [0, 0.1) is 0 Å². The third-order valence-electron chi connectivity index (χ3n) is 4.49. The maximum absolute atomic E-state index is 5.44. The van der Waals surface area contributed by atoms with Crippen molar-refractivity contribution in [1.29, 1.82) is 0 Å². The number of hydrogen-bond donors (Lipinski definition) is 0. The highest BCUT2D eigenvalue weighted by Gasteiger charge is 2.21. The Labute approximate surface area is 157 Å². The number of ether oxygens (including phenoxy) is 3. The first-order valence-corrected chi connectivity index (χ1v) is 9.01. The fourth-order valence-electron chi connectivity index (χ4n) is 3.10. The summed E-state index contributed by atoms with van der Waals surface area (Å²) in [6.45, 7) is 3.78. The van der Waals surface area contributed by atoms with E-state index in [-0.39, 0.29) is 0 Å². The molecule has 25 heavy (non-hydrogen) atoms. The number of halogens is 1. The minimum absolute atomic E-state index is 0.730. The number of anilines is 2. The van der Waals surface area contributed by atoms with E-state index in [2.05, 4.69) is 37.9 Å². The third kappa shape index (κ3) is 3.79. The van der Waals surface area contributed by atoms with Crippen LogP contribution < -0.4 is 24.0 Å². The molecule has 0 atom stereocenters. The molecule has 3 rings (SSSR count). The van der Waals surface area contributed by atoms with Crippen LogP contribution in [0.4, 0.5) is 11.4 Å². The van der Waals surface area contributed by atoms with Crippen molar-refractivity contribution < 1.29 is 14.2 Å². The first kappa shape index (κ1) is 17.7. The third-order valence-corrected chi connectivity index (χ3v) is 5.13.